The van der Waals surface area contributed by atoms with Crippen molar-refractivity contribution in [1.82, 2.24) is 0 Å². The molecule has 0 spiro atoms. The van der Waals surface area contributed by atoms with Crippen LogP contribution in [0.15, 0.2) is 23.1 Å². The van der Waals surface area contributed by atoms with Gasteiger partial charge in [0.15, 0.2) is 9.84 Å². The van der Waals surface area contributed by atoms with E-state index in [9.17, 15) is 8.42 Å². The van der Waals surface area contributed by atoms with Gasteiger partial charge < -0.3 is 10.6 Å². The van der Waals surface area contributed by atoms with Crippen LogP contribution in [0.3, 0.4) is 0 Å². The van der Waals surface area contributed by atoms with Crippen molar-refractivity contribution in [2.75, 3.05) is 23.9 Å². The van der Waals surface area contributed by atoms with E-state index < -0.39 is 9.84 Å². The molecule has 1 aliphatic carbocycles. The molecular weight excluding hydrogens is 284 g/mol. The maximum Gasteiger partial charge on any atom is 0.175 e. The Kier molecular flexibility index (Phi) is 4.81. The van der Waals surface area contributed by atoms with Gasteiger partial charge in [0.25, 0.3) is 0 Å². The summed E-state index contributed by atoms with van der Waals surface area (Å²) in [6.45, 7) is 2.26. The highest BCUT2D eigenvalue weighted by Crippen LogP contribution is 2.34. The first-order valence-corrected chi connectivity index (χ1v) is 9.54. The number of rotatable bonds is 4. The highest BCUT2D eigenvalue weighted by molar-refractivity contribution is 7.90. The zero-order valence-corrected chi connectivity index (χ0v) is 14.0. The van der Waals surface area contributed by atoms with E-state index in [4.69, 9.17) is 5.73 Å². The van der Waals surface area contributed by atoms with Gasteiger partial charge in [0, 0.05) is 19.3 Å². The molecule has 0 aromatic heterocycles. The molecule has 0 aliphatic heterocycles. The lowest BCUT2D eigenvalue weighted by Crippen LogP contribution is -2.35. The summed E-state index contributed by atoms with van der Waals surface area (Å²) in [4.78, 5) is 2.50. The second-order valence-corrected chi connectivity index (χ2v) is 8.20. The predicted molar refractivity (Wildman–Crippen MR) is 88.4 cm³/mol. The van der Waals surface area contributed by atoms with Crippen LogP contribution in [0.1, 0.15) is 39.0 Å². The number of hydrogen-bond donors (Lipinski definition) is 1. The van der Waals surface area contributed by atoms with Crippen LogP contribution >= 0.6 is 0 Å². The van der Waals surface area contributed by atoms with Gasteiger partial charge in [0.1, 0.15) is 0 Å². The first kappa shape index (κ1) is 16.1. The van der Waals surface area contributed by atoms with Crippen molar-refractivity contribution in [3.8, 4) is 0 Å². The minimum Gasteiger partial charge on any atom is -0.397 e. The molecule has 1 fully saturated rings. The number of sulfone groups is 1. The summed E-state index contributed by atoms with van der Waals surface area (Å²) in [5.74, 6) is 0.861. The van der Waals surface area contributed by atoms with Gasteiger partial charge in [-0.2, -0.15) is 0 Å². The van der Waals surface area contributed by atoms with Crippen LogP contribution < -0.4 is 10.6 Å². The number of benzene rings is 1. The van der Waals surface area contributed by atoms with Gasteiger partial charge in [-0.05, 0) is 49.8 Å². The lowest BCUT2D eigenvalue weighted by Gasteiger charge is -2.36. The molecule has 2 rings (SSSR count). The van der Waals surface area contributed by atoms with Crippen molar-refractivity contribution in [3.63, 3.8) is 0 Å². The molecule has 0 amide bonds. The van der Waals surface area contributed by atoms with E-state index in [1.165, 1.54) is 38.4 Å². The van der Waals surface area contributed by atoms with Gasteiger partial charge in [0.05, 0.1) is 16.3 Å². The summed E-state index contributed by atoms with van der Waals surface area (Å²) in [5, 5.41) is 0. The van der Waals surface area contributed by atoms with Crippen LogP contribution in [0, 0.1) is 5.92 Å². The minimum absolute atomic E-state index is 0.284. The van der Waals surface area contributed by atoms with Crippen LogP contribution in [-0.2, 0) is 9.84 Å². The average Bonchev–Trinajstić information content (AvgIpc) is 2.45. The summed E-state index contributed by atoms with van der Waals surface area (Å²) in [6.07, 6.45) is 7.38. The largest absolute Gasteiger partial charge is 0.397 e. The van der Waals surface area contributed by atoms with E-state index in [1.54, 1.807) is 12.1 Å². The quantitative estimate of drug-likeness (QED) is 0.868. The van der Waals surface area contributed by atoms with Crippen LogP contribution in [0.2, 0.25) is 0 Å². The molecular formula is C16H26N2O2S. The number of nitrogens with zero attached hydrogens (tertiary/aromatic N) is 1. The van der Waals surface area contributed by atoms with E-state index in [2.05, 4.69) is 18.9 Å². The molecule has 5 heteroatoms. The smallest absolute Gasteiger partial charge is 0.175 e. The van der Waals surface area contributed by atoms with Crippen molar-refractivity contribution < 1.29 is 8.42 Å². The molecule has 2 N–H and O–H groups in total. The lowest BCUT2D eigenvalue weighted by atomic mass is 9.84. The Bertz CT molecular complexity index is 590. The average molecular weight is 310 g/mol. The topological polar surface area (TPSA) is 63.4 Å². The Morgan fingerprint density at radius 2 is 1.86 bits per heavy atom. The minimum atomic E-state index is -3.20. The van der Waals surface area contributed by atoms with Crippen molar-refractivity contribution >= 4 is 21.2 Å². The summed E-state index contributed by atoms with van der Waals surface area (Å²) in [6, 6.07) is 5.55. The first-order valence-electron chi connectivity index (χ1n) is 7.65. The van der Waals surface area contributed by atoms with Gasteiger partial charge in [-0.15, -0.1) is 0 Å². The normalized spacial score (nSPS) is 23.0. The number of hydrogen-bond acceptors (Lipinski definition) is 4. The van der Waals surface area contributed by atoms with E-state index in [0.29, 0.717) is 11.7 Å². The summed E-state index contributed by atoms with van der Waals surface area (Å²) >= 11 is 0. The van der Waals surface area contributed by atoms with Crippen LogP contribution in [0.25, 0.3) is 0 Å². The third-order valence-corrected chi connectivity index (χ3v) is 5.86. The molecule has 4 nitrogen and oxygen atoms in total. The third kappa shape index (κ3) is 3.70. The molecule has 1 saturated carbocycles. The van der Waals surface area contributed by atoms with Gasteiger partial charge in [-0.1, -0.05) is 13.3 Å². The Hall–Kier alpha value is -1.23. The molecule has 0 saturated heterocycles. The number of nitrogen functional groups attached to an aromatic ring is 1. The van der Waals surface area contributed by atoms with Crippen LogP contribution in [-0.4, -0.2) is 27.8 Å². The maximum absolute atomic E-state index is 11.6. The summed E-state index contributed by atoms with van der Waals surface area (Å²) in [5.41, 5.74) is 7.55. The van der Waals surface area contributed by atoms with E-state index in [1.807, 2.05) is 6.07 Å². The van der Waals surface area contributed by atoms with Crippen molar-refractivity contribution in [3.05, 3.63) is 18.2 Å². The molecule has 1 aromatic rings. The molecule has 1 aliphatic rings. The molecule has 0 atom stereocenters. The Morgan fingerprint density at radius 3 is 2.33 bits per heavy atom. The lowest BCUT2D eigenvalue weighted by molar-refractivity contribution is 0.313. The van der Waals surface area contributed by atoms with Gasteiger partial charge in [-0.25, -0.2) is 8.42 Å². The second kappa shape index (κ2) is 6.26. The monoisotopic (exact) mass is 310 g/mol. The fourth-order valence-corrected chi connectivity index (χ4v) is 3.88. The van der Waals surface area contributed by atoms with Gasteiger partial charge in [0.2, 0.25) is 0 Å². The van der Waals surface area contributed by atoms with Crippen LogP contribution in [0.4, 0.5) is 11.4 Å². The predicted octanol–water partition coefficient (Wildman–Crippen LogP) is 3.08. The molecule has 118 valence electrons. The summed E-state index contributed by atoms with van der Waals surface area (Å²) < 4.78 is 23.1. The highest BCUT2D eigenvalue weighted by Gasteiger charge is 2.24. The van der Waals surface area contributed by atoms with Crippen molar-refractivity contribution in [1.29, 1.82) is 0 Å². The maximum atomic E-state index is 11.6. The van der Waals surface area contributed by atoms with Crippen molar-refractivity contribution in [2.45, 2.75) is 50.0 Å². The molecule has 0 heterocycles. The first-order chi connectivity index (χ1) is 9.82. The molecule has 21 heavy (non-hydrogen) atoms. The molecule has 0 radical (unpaired) electrons. The number of nitrogens with two attached hydrogens (primary N) is 1. The SMILES string of the molecule is CCC1CCC(N(C)c2ccc(S(C)(=O)=O)cc2N)CC1. The fourth-order valence-electron chi connectivity index (χ4n) is 3.22. The van der Waals surface area contributed by atoms with E-state index in [-0.39, 0.29) is 4.90 Å². The number of anilines is 2. The molecule has 0 bridgehead atoms. The third-order valence-electron chi connectivity index (χ3n) is 4.75. The molecule has 0 unspecified atom stereocenters. The van der Waals surface area contributed by atoms with Gasteiger partial charge in [-0.3, -0.25) is 0 Å². The van der Waals surface area contributed by atoms with E-state index in [0.717, 1.165) is 11.6 Å². The Labute approximate surface area is 128 Å². The Balaban J connectivity index is 2.15. The van der Waals surface area contributed by atoms with E-state index >= 15 is 0 Å². The fraction of sp³-hybridized carbons (Fsp3) is 0.625. The Morgan fingerprint density at radius 1 is 1.24 bits per heavy atom. The van der Waals surface area contributed by atoms with Gasteiger partial charge >= 0.3 is 0 Å². The standard InChI is InChI=1S/C16H26N2O2S/c1-4-12-5-7-13(8-6-12)18(2)16-10-9-14(11-15(16)17)21(3,19)20/h9-13H,4-8,17H2,1-3H3. The molecule has 1 aromatic carbocycles. The van der Waals surface area contributed by atoms with Crippen LogP contribution in [0.5, 0.6) is 0 Å². The zero-order valence-electron chi connectivity index (χ0n) is 13.2. The zero-order chi connectivity index (χ0) is 15.6. The van der Waals surface area contributed by atoms with Crippen molar-refractivity contribution in [2.24, 2.45) is 5.92 Å². The summed E-state index contributed by atoms with van der Waals surface area (Å²) in [7, 11) is -1.14. The second-order valence-electron chi connectivity index (χ2n) is 6.19. The highest BCUT2D eigenvalue weighted by atomic mass is 32.2.